The number of halogens is 1. The molecule has 0 atom stereocenters. The van der Waals surface area contributed by atoms with Gasteiger partial charge in [-0.25, -0.2) is 4.98 Å². The highest BCUT2D eigenvalue weighted by Crippen LogP contribution is 2.23. The van der Waals surface area contributed by atoms with Crippen LogP contribution >= 0.6 is 22.9 Å². The van der Waals surface area contributed by atoms with Crippen molar-refractivity contribution in [2.75, 3.05) is 14.2 Å². The molecule has 0 saturated carbocycles. The van der Waals surface area contributed by atoms with Crippen LogP contribution in [0.15, 0.2) is 24.3 Å². The molecule has 1 aromatic carbocycles. The Labute approximate surface area is 122 Å². The third kappa shape index (κ3) is 4.01. The fourth-order valence-corrected chi connectivity index (χ4v) is 3.21. The number of thiazole rings is 1. The van der Waals surface area contributed by atoms with E-state index in [1.807, 2.05) is 25.2 Å². The first-order valence-corrected chi connectivity index (χ1v) is 7.27. The van der Waals surface area contributed by atoms with Gasteiger partial charge in [0, 0.05) is 30.0 Å². The Morgan fingerprint density at radius 1 is 1.42 bits per heavy atom. The summed E-state index contributed by atoms with van der Waals surface area (Å²) in [6, 6.07) is 7.91. The van der Waals surface area contributed by atoms with E-state index < -0.39 is 0 Å². The number of hydrogen-bond donors (Lipinski definition) is 1. The van der Waals surface area contributed by atoms with E-state index in [4.69, 9.17) is 16.3 Å². The first-order chi connectivity index (χ1) is 9.22. The first-order valence-electron chi connectivity index (χ1n) is 6.08. The van der Waals surface area contributed by atoms with E-state index in [0.717, 1.165) is 28.7 Å². The van der Waals surface area contributed by atoms with Crippen LogP contribution in [-0.2, 0) is 24.3 Å². The van der Waals surface area contributed by atoms with E-state index in [0.29, 0.717) is 6.61 Å². The molecule has 0 saturated heterocycles. The van der Waals surface area contributed by atoms with Gasteiger partial charge in [-0.15, -0.1) is 11.3 Å². The Balaban J connectivity index is 2.18. The summed E-state index contributed by atoms with van der Waals surface area (Å²) < 4.78 is 5.19. The van der Waals surface area contributed by atoms with Gasteiger partial charge in [-0.3, -0.25) is 0 Å². The molecule has 1 aromatic heterocycles. The number of methoxy groups -OCH3 is 1. The Kier molecular flexibility index (Phi) is 5.34. The lowest BCUT2D eigenvalue weighted by atomic mass is 10.2. The molecule has 0 unspecified atom stereocenters. The number of nitrogens with zero attached hydrogens (tertiary/aromatic N) is 1. The molecule has 2 aromatic rings. The van der Waals surface area contributed by atoms with Gasteiger partial charge in [-0.2, -0.15) is 0 Å². The maximum Gasteiger partial charge on any atom is 0.0976 e. The zero-order valence-electron chi connectivity index (χ0n) is 11.1. The fourth-order valence-electron chi connectivity index (χ4n) is 1.88. The number of hydrogen-bond acceptors (Lipinski definition) is 4. The third-order valence-electron chi connectivity index (χ3n) is 2.69. The van der Waals surface area contributed by atoms with Crippen molar-refractivity contribution in [3.05, 3.63) is 50.4 Å². The molecule has 2 rings (SSSR count). The lowest BCUT2D eigenvalue weighted by molar-refractivity contribution is 0.181. The molecule has 0 fully saturated rings. The molecule has 0 aliphatic rings. The predicted molar refractivity (Wildman–Crippen MR) is 79.8 cm³/mol. The SMILES string of the molecule is CNCc1sc(Cc2cccc(Cl)c2)nc1COC. The molecule has 0 radical (unpaired) electrons. The number of ether oxygens (including phenoxy) is 1. The molecule has 0 spiro atoms. The van der Waals surface area contributed by atoms with Gasteiger partial charge in [-0.1, -0.05) is 23.7 Å². The molecular formula is C14H17ClN2OS. The summed E-state index contributed by atoms with van der Waals surface area (Å²) in [4.78, 5) is 5.89. The van der Waals surface area contributed by atoms with Gasteiger partial charge < -0.3 is 10.1 Å². The molecule has 5 heteroatoms. The zero-order chi connectivity index (χ0) is 13.7. The van der Waals surface area contributed by atoms with Crippen LogP contribution in [-0.4, -0.2) is 19.1 Å². The summed E-state index contributed by atoms with van der Waals surface area (Å²) in [7, 11) is 3.63. The molecule has 0 aliphatic heterocycles. The smallest absolute Gasteiger partial charge is 0.0976 e. The Bertz CT molecular complexity index is 518. The van der Waals surface area contributed by atoms with Crippen molar-refractivity contribution in [3.8, 4) is 0 Å². The summed E-state index contributed by atoms with van der Waals surface area (Å²) in [5.74, 6) is 0. The van der Waals surface area contributed by atoms with E-state index in [1.165, 1.54) is 10.4 Å². The van der Waals surface area contributed by atoms with Crippen molar-refractivity contribution in [3.63, 3.8) is 0 Å². The van der Waals surface area contributed by atoms with Crippen molar-refractivity contribution in [1.29, 1.82) is 0 Å². The summed E-state index contributed by atoms with van der Waals surface area (Å²) in [6.07, 6.45) is 0.811. The molecular weight excluding hydrogens is 280 g/mol. The summed E-state index contributed by atoms with van der Waals surface area (Å²) >= 11 is 7.73. The average Bonchev–Trinajstić information content (AvgIpc) is 2.72. The first kappa shape index (κ1) is 14.5. The monoisotopic (exact) mass is 296 g/mol. The van der Waals surface area contributed by atoms with Crippen LogP contribution in [0.5, 0.6) is 0 Å². The van der Waals surface area contributed by atoms with Crippen molar-refractivity contribution < 1.29 is 4.74 Å². The van der Waals surface area contributed by atoms with E-state index in [9.17, 15) is 0 Å². The van der Waals surface area contributed by atoms with Crippen LogP contribution < -0.4 is 5.32 Å². The van der Waals surface area contributed by atoms with Gasteiger partial charge in [0.1, 0.15) is 0 Å². The second-order valence-corrected chi connectivity index (χ2v) is 5.85. The fraction of sp³-hybridized carbons (Fsp3) is 0.357. The summed E-state index contributed by atoms with van der Waals surface area (Å²) in [6.45, 7) is 1.38. The minimum Gasteiger partial charge on any atom is -0.378 e. The van der Waals surface area contributed by atoms with Gasteiger partial charge in [-0.05, 0) is 24.7 Å². The van der Waals surface area contributed by atoms with Crippen LogP contribution in [0.3, 0.4) is 0 Å². The lowest BCUT2D eigenvalue weighted by Gasteiger charge is -1.98. The Morgan fingerprint density at radius 2 is 2.26 bits per heavy atom. The highest BCUT2D eigenvalue weighted by Gasteiger charge is 2.11. The minimum atomic E-state index is 0.559. The van der Waals surface area contributed by atoms with Crippen molar-refractivity contribution >= 4 is 22.9 Å². The van der Waals surface area contributed by atoms with Gasteiger partial charge in [0.15, 0.2) is 0 Å². The average molecular weight is 297 g/mol. The quantitative estimate of drug-likeness (QED) is 0.888. The Hall–Kier alpha value is -0.940. The third-order valence-corrected chi connectivity index (χ3v) is 4.02. The normalized spacial score (nSPS) is 10.9. The molecule has 19 heavy (non-hydrogen) atoms. The van der Waals surface area contributed by atoms with Gasteiger partial charge >= 0.3 is 0 Å². The predicted octanol–water partition coefficient (Wildman–Crippen LogP) is 3.25. The number of nitrogens with one attached hydrogen (secondary N) is 1. The van der Waals surface area contributed by atoms with Crippen LogP contribution in [0.4, 0.5) is 0 Å². The second kappa shape index (κ2) is 7.01. The minimum absolute atomic E-state index is 0.559. The number of aromatic nitrogens is 1. The highest BCUT2D eigenvalue weighted by atomic mass is 35.5. The molecule has 0 amide bonds. The molecule has 1 N–H and O–H groups in total. The van der Waals surface area contributed by atoms with Gasteiger partial charge in [0.2, 0.25) is 0 Å². The summed E-state index contributed by atoms with van der Waals surface area (Å²) in [5.41, 5.74) is 2.21. The Morgan fingerprint density at radius 3 is 2.95 bits per heavy atom. The second-order valence-electron chi connectivity index (χ2n) is 4.25. The van der Waals surface area contributed by atoms with Crippen LogP contribution in [0.2, 0.25) is 5.02 Å². The van der Waals surface area contributed by atoms with Crippen LogP contribution in [0, 0.1) is 0 Å². The van der Waals surface area contributed by atoms with E-state index in [-0.39, 0.29) is 0 Å². The zero-order valence-corrected chi connectivity index (χ0v) is 12.6. The molecule has 0 bridgehead atoms. The number of rotatable bonds is 6. The molecule has 0 aliphatic carbocycles. The lowest BCUT2D eigenvalue weighted by Crippen LogP contribution is -2.06. The van der Waals surface area contributed by atoms with Crippen LogP contribution in [0.25, 0.3) is 0 Å². The largest absolute Gasteiger partial charge is 0.378 e. The maximum atomic E-state index is 6.00. The summed E-state index contributed by atoms with van der Waals surface area (Å²) in [5, 5.41) is 5.03. The molecule has 1 heterocycles. The molecule has 102 valence electrons. The van der Waals surface area contributed by atoms with Crippen LogP contribution in [0.1, 0.15) is 21.1 Å². The standard InChI is InChI=1S/C14H17ClN2OS/c1-16-8-13-12(9-18-2)17-14(19-13)7-10-4-3-5-11(15)6-10/h3-6,16H,7-9H2,1-2H3. The van der Waals surface area contributed by atoms with E-state index in [1.54, 1.807) is 18.4 Å². The van der Waals surface area contributed by atoms with Crippen molar-refractivity contribution in [1.82, 2.24) is 10.3 Å². The van der Waals surface area contributed by atoms with Crippen molar-refractivity contribution in [2.45, 2.75) is 19.6 Å². The van der Waals surface area contributed by atoms with Crippen molar-refractivity contribution in [2.24, 2.45) is 0 Å². The van der Waals surface area contributed by atoms with Gasteiger partial charge in [0.25, 0.3) is 0 Å². The molecule has 3 nitrogen and oxygen atoms in total. The topological polar surface area (TPSA) is 34.2 Å². The van der Waals surface area contributed by atoms with Gasteiger partial charge in [0.05, 0.1) is 17.3 Å². The maximum absolute atomic E-state index is 6.00. The highest BCUT2D eigenvalue weighted by molar-refractivity contribution is 7.11. The van der Waals surface area contributed by atoms with E-state index >= 15 is 0 Å². The number of benzene rings is 1. The van der Waals surface area contributed by atoms with E-state index in [2.05, 4.69) is 16.4 Å².